The molecule has 0 amide bonds. The first-order valence-corrected chi connectivity index (χ1v) is 13.9. The minimum Gasteiger partial charge on any atom is -0.299 e. The van der Waals surface area contributed by atoms with Gasteiger partial charge in [0.15, 0.2) is 0 Å². The second-order valence-electron chi connectivity index (χ2n) is 9.28. The average molecular weight is 561 g/mol. The van der Waals surface area contributed by atoms with E-state index in [2.05, 4.69) is 9.97 Å². The highest BCUT2D eigenvalue weighted by atomic mass is 32.1. The first-order valence-electron chi connectivity index (χ1n) is 12.3. The first-order chi connectivity index (χ1) is 18.8. The lowest BCUT2D eigenvalue weighted by Gasteiger charge is -2.09. The second kappa shape index (κ2) is 9.94. The number of hydrogen-bond acceptors (Lipinski definition) is 6. The number of halogens is 2. The van der Waals surface area contributed by atoms with Crippen LogP contribution >= 0.6 is 22.7 Å². The minimum absolute atomic E-state index is 0.170. The summed E-state index contributed by atoms with van der Waals surface area (Å²) in [4.78, 5) is 39.1. The van der Waals surface area contributed by atoms with Crippen molar-refractivity contribution in [3.63, 3.8) is 0 Å². The second-order valence-corrected chi connectivity index (χ2v) is 11.7. The molecule has 0 saturated heterocycles. The topological polar surface area (TPSA) is 69.8 Å². The molecule has 39 heavy (non-hydrogen) atoms. The van der Waals surface area contributed by atoms with Crippen molar-refractivity contribution in [3.05, 3.63) is 103 Å². The molecule has 10 heteroatoms. The quantitative estimate of drug-likeness (QED) is 0.232. The Morgan fingerprint density at radius 3 is 1.44 bits per heavy atom. The molecule has 2 aromatic carbocycles. The van der Waals surface area contributed by atoms with Crippen molar-refractivity contribution in [2.45, 2.75) is 33.4 Å². The zero-order valence-corrected chi connectivity index (χ0v) is 22.7. The van der Waals surface area contributed by atoms with Crippen molar-refractivity contribution in [1.29, 1.82) is 0 Å². The third-order valence-electron chi connectivity index (χ3n) is 6.77. The van der Waals surface area contributed by atoms with E-state index in [9.17, 15) is 18.4 Å². The third-order valence-corrected chi connectivity index (χ3v) is 8.80. The van der Waals surface area contributed by atoms with E-state index < -0.39 is 0 Å². The van der Waals surface area contributed by atoms with Gasteiger partial charge in [-0.25, -0.2) is 18.7 Å². The molecule has 0 unspecified atom stereocenters. The van der Waals surface area contributed by atoms with Gasteiger partial charge < -0.3 is 0 Å². The molecule has 6 rings (SSSR count). The summed E-state index contributed by atoms with van der Waals surface area (Å²) in [5.41, 5.74) is 2.74. The fourth-order valence-corrected chi connectivity index (χ4v) is 6.94. The lowest BCUT2D eigenvalue weighted by molar-refractivity contribution is 0.539. The van der Waals surface area contributed by atoms with E-state index in [1.807, 2.05) is 13.8 Å². The highest BCUT2D eigenvalue weighted by molar-refractivity contribution is 7.19. The van der Waals surface area contributed by atoms with Crippen molar-refractivity contribution >= 4 is 43.1 Å². The zero-order valence-electron chi connectivity index (χ0n) is 21.1. The lowest BCUT2D eigenvalue weighted by atomic mass is 10.0. The molecule has 0 N–H and O–H groups in total. The van der Waals surface area contributed by atoms with Crippen LogP contribution in [0.15, 0.2) is 70.8 Å². The fraction of sp³-hybridized carbons (Fsp3) is 0.172. The molecule has 0 radical (unpaired) electrons. The highest BCUT2D eigenvalue weighted by Crippen LogP contribution is 2.36. The summed E-state index contributed by atoms with van der Waals surface area (Å²) in [6.07, 6.45) is 3.58. The Morgan fingerprint density at radius 1 is 0.667 bits per heavy atom. The maximum atomic E-state index is 13.5. The summed E-state index contributed by atoms with van der Waals surface area (Å²) >= 11 is 2.87. The van der Waals surface area contributed by atoms with Crippen LogP contribution in [-0.2, 0) is 13.1 Å². The van der Waals surface area contributed by atoms with E-state index in [0.717, 1.165) is 32.0 Å². The lowest BCUT2D eigenvalue weighted by Crippen LogP contribution is -2.24. The van der Waals surface area contributed by atoms with Gasteiger partial charge >= 0.3 is 0 Å². The summed E-state index contributed by atoms with van der Waals surface area (Å²) in [5, 5.41) is 1.04. The summed E-state index contributed by atoms with van der Waals surface area (Å²) in [7, 11) is 0. The van der Waals surface area contributed by atoms with Gasteiger partial charge in [0.05, 0.1) is 23.4 Å². The molecule has 0 aliphatic rings. The van der Waals surface area contributed by atoms with Crippen LogP contribution in [0.5, 0.6) is 0 Å². The summed E-state index contributed by atoms with van der Waals surface area (Å²) < 4.78 is 30.1. The smallest absolute Gasteiger partial charge is 0.262 e. The maximum Gasteiger partial charge on any atom is 0.262 e. The van der Waals surface area contributed by atoms with Gasteiger partial charge in [0.2, 0.25) is 0 Å². The van der Waals surface area contributed by atoms with E-state index in [0.29, 0.717) is 39.9 Å². The molecular weight excluding hydrogens is 538 g/mol. The molecular formula is C29H22F2N4O2S2. The van der Waals surface area contributed by atoms with Crippen LogP contribution in [0.3, 0.4) is 0 Å². The van der Waals surface area contributed by atoms with Crippen molar-refractivity contribution in [2.75, 3.05) is 0 Å². The molecule has 0 spiro atoms. The number of hydrogen-bond donors (Lipinski definition) is 0. The SMILES string of the molecule is Cc1sc2ncn(CCCn3cnc4sc(C)c(-c5ccc(F)cc5)c4c3=O)c(=O)c2c1-c1ccc(F)cc1. The molecule has 196 valence electrons. The standard InChI is InChI=1S/C29H22F2N4O2S2/c1-16-22(18-4-8-20(30)9-5-18)24-26(38-16)32-14-34(28(24)36)12-3-13-35-15-33-27-25(29(35)37)23(17(2)39-27)19-6-10-21(31)11-7-19/h4-11,14-15H,3,12-13H2,1-2H3. The Balaban J connectivity index is 1.30. The molecule has 0 aliphatic carbocycles. The molecule has 0 saturated carbocycles. The van der Waals surface area contributed by atoms with Crippen molar-refractivity contribution < 1.29 is 8.78 Å². The molecule has 6 aromatic rings. The molecule has 0 fully saturated rings. The average Bonchev–Trinajstić information content (AvgIpc) is 3.44. The Hall–Kier alpha value is -4.02. The third kappa shape index (κ3) is 4.49. The number of aromatic nitrogens is 4. The Bertz CT molecular complexity index is 1830. The largest absolute Gasteiger partial charge is 0.299 e. The monoisotopic (exact) mass is 560 g/mol. The van der Waals surface area contributed by atoms with Gasteiger partial charge in [0.25, 0.3) is 11.1 Å². The van der Waals surface area contributed by atoms with Gasteiger partial charge in [0, 0.05) is 34.0 Å². The molecule has 4 heterocycles. The minimum atomic E-state index is -0.336. The summed E-state index contributed by atoms with van der Waals surface area (Å²) in [6.45, 7) is 4.57. The van der Waals surface area contributed by atoms with E-state index in [4.69, 9.17) is 0 Å². The van der Waals surface area contributed by atoms with E-state index in [-0.39, 0.29) is 22.8 Å². The van der Waals surface area contributed by atoms with Gasteiger partial charge in [-0.15, -0.1) is 22.7 Å². The Labute approximate surface area is 229 Å². The number of aryl methyl sites for hydroxylation is 4. The van der Waals surface area contributed by atoms with Gasteiger partial charge in [-0.05, 0) is 55.7 Å². The predicted octanol–water partition coefficient (Wildman–Crippen LogP) is 6.55. The Kier molecular flexibility index (Phi) is 6.44. The van der Waals surface area contributed by atoms with Crippen molar-refractivity contribution in [2.24, 2.45) is 0 Å². The van der Waals surface area contributed by atoms with Crippen LogP contribution in [-0.4, -0.2) is 19.1 Å². The number of rotatable bonds is 6. The van der Waals surface area contributed by atoms with Gasteiger partial charge in [-0.1, -0.05) is 24.3 Å². The maximum absolute atomic E-state index is 13.5. The van der Waals surface area contributed by atoms with Crippen LogP contribution in [0, 0.1) is 25.5 Å². The van der Waals surface area contributed by atoms with Crippen molar-refractivity contribution in [3.8, 4) is 22.3 Å². The first kappa shape index (κ1) is 25.3. The molecule has 6 nitrogen and oxygen atoms in total. The van der Waals surface area contributed by atoms with Gasteiger partial charge in [-0.3, -0.25) is 18.7 Å². The van der Waals surface area contributed by atoms with Crippen LogP contribution in [0.2, 0.25) is 0 Å². The van der Waals surface area contributed by atoms with Crippen molar-refractivity contribution in [1.82, 2.24) is 19.1 Å². The number of benzene rings is 2. The summed E-state index contributed by atoms with van der Waals surface area (Å²) in [5.74, 6) is -0.673. The highest BCUT2D eigenvalue weighted by Gasteiger charge is 2.19. The molecule has 4 aromatic heterocycles. The zero-order chi connectivity index (χ0) is 27.3. The molecule has 0 atom stereocenters. The van der Waals surface area contributed by atoms with Crippen LogP contribution < -0.4 is 11.1 Å². The van der Waals surface area contributed by atoms with Crippen LogP contribution in [0.1, 0.15) is 16.2 Å². The van der Waals surface area contributed by atoms with Gasteiger partial charge in [0.1, 0.15) is 21.3 Å². The number of thiophene rings is 2. The van der Waals surface area contributed by atoms with Gasteiger partial charge in [-0.2, -0.15) is 0 Å². The van der Waals surface area contributed by atoms with E-state index in [1.54, 1.807) is 33.4 Å². The normalized spacial score (nSPS) is 11.6. The number of fused-ring (bicyclic) bond motifs is 2. The predicted molar refractivity (Wildman–Crippen MR) is 153 cm³/mol. The summed E-state index contributed by atoms with van der Waals surface area (Å²) in [6, 6.07) is 12.2. The van der Waals surface area contributed by atoms with E-state index >= 15 is 0 Å². The molecule has 0 aliphatic heterocycles. The fourth-order valence-electron chi connectivity index (χ4n) is 4.93. The number of nitrogens with zero attached hydrogens (tertiary/aromatic N) is 4. The molecule has 0 bridgehead atoms. The Morgan fingerprint density at radius 2 is 1.05 bits per heavy atom. The van der Waals surface area contributed by atoms with Crippen LogP contribution in [0.4, 0.5) is 8.78 Å². The van der Waals surface area contributed by atoms with Crippen LogP contribution in [0.25, 0.3) is 42.7 Å². The van der Waals surface area contributed by atoms with E-state index in [1.165, 1.54) is 59.6 Å².